The molecule has 6 heteroatoms. The summed E-state index contributed by atoms with van der Waals surface area (Å²) in [5.41, 5.74) is 2.94. The van der Waals surface area contributed by atoms with Gasteiger partial charge in [0.2, 0.25) is 11.8 Å². The first-order valence-corrected chi connectivity index (χ1v) is 9.88. The van der Waals surface area contributed by atoms with Crippen molar-refractivity contribution in [2.24, 2.45) is 0 Å². The van der Waals surface area contributed by atoms with Crippen molar-refractivity contribution < 1.29 is 14.4 Å². The quantitative estimate of drug-likeness (QED) is 0.719. The third kappa shape index (κ3) is 4.65. The Bertz CT molecular complexity index is 909. The highest BCUT2D eigenvalue weighted by atomic mass is 16.2. The summed E-state index contributed by atoms with van der Waals surface area (Å²) >= 11 is 0. The summed E-state index contributed by atoms with van der Waals surface area (Å²) < 4.78 is 0. The lowest BCUT2D eigenvalue weighted by Crippen LogP contribution is -2.55. The van der Waals surface area contributed by atoms with E-state index in [1.165, 1.54) is 6.92 Å². The van der Waals surface area contributed by atoms with Gasteiger partial charge in [-0.25, -0.2) is 0 Å². The predicted molar refractivity (Wildman–Crippen MR) is 114 cm³/mol. The first-order valence-electron chi connectivity index (χ1n) is 9.88. The fourth-order valence-electron chi connectivity index (χ4n) is 3.83. The topological polar surface area (TPSA) is 87.3 Å². The molecule has 0 aliphatic heterocycles. The minimum Gasteiger partial charge on any atom is -0.338 e. The Labute approximate surface area is 171 Å². The number of rotatable bonds is 5. The lowest BCUT2D eigenvalue weighted by atomic mass is 9.94. The van der Waals surface area contributed by atoms with Crippen molar-refractivity contribution in [2.75, 3.05) is 10.6 Å². The zero-order chi connectivity index (χ0) is 21.0. The minimum absolute atomic E-state index is 0.171. The molecule has 1 aliphatic carbocycles. The van der Waals surface area contributed by atoms with Gasteiger partial charge in [-0.2, -0.15) is 0 Å². The molecule has 0 aromatic heterocycles. The monoisotopic (exact) mass is 393 g/mol. The molecule has 0 spiro atoms. The molecule has 3 amide bonds. The molecular weight excluding hydrogens is 366 g/mol. The van der Waals surface area contributed by atoms with Gasteiger partial charge < -0.3 is 16.0 Å². The van der Waals surface area contributed by atoms with Crippen molar-refractivity contribution in [3.63, 3.8) is 0 Å². The molecular formula is C23H27N3O3. The van der Waals surface area contributed by atoms with E-state index in [2.05, 4.69) is 16.0 Å². The van der Waals surface area contributed by atoms with Crippen LogP contribution >= 0.6 is 0 Å². The van der Waals surface area contributed by atoms with Gasteiger partial charge in [0.25, 0.3) is 5.91 Å². The SMILES string of the molecule is CC(=O)Nc1ccc(C(=O)NC2(C(=O)Nc3c(C)cccc3C)CCCC2)cc1. The number of anilines is 2. The molecule has 0 heterocycles. The number of carbonyl (C=O) groups excluding carboxylic acids is 3. The fraction of sp³-hybridized carbons (Fsp3) is 0.348. The molecule has 3 N–H and O–H groups in total. The van der Waals surface area contributed by atoms with Gasteiger partial charge in [0.05, 0.1) is 0 Å². The van der Waals surface area contributed by atoms with Gasteiger partial charge in [-0.3, -0.25) is 14.4 Å². The Morgan fingerprint density at radius 2 is 1.45 bits per heavy atom. The molecule has 0 atom stereocenters. The second kappa shape index (κ2) is 8.47. The Kier molecular flexibility index (Phi) is 6.01. The number of nitrogens with one attached hydrogen (secondary N) is 3. The highest BCUT2D eigenvalue weighted by molar-refractivity contribution is 6.04. The number of aryl methyl sites for hydroxylation is 2. The fourth-order valence-corrected chi connectivity index (χ4v) is 3.83. The van der Waals surface area contributed by atoms with Crippen LogP contribution in [0.2, 0.25) is 0 Å². The van der Waals surface area contributed by atoms with Gasteiger partial charge >= 0.3 is 0 Å². The van der Waals surface area contributed by atoms with Crippen molar-refractivity contribution in [3.8, 4) is 0 Å². The van der Waals surface area contributed by atoms with E-state index in [1.54, 1.807) is 24.3 Å². The Morgan fingerprint density at radius 3 is 2.00 bits per heavy atom. The molecule has 2 aromatic rings. The Morgan fingerprint density at radius 1 is 0.862 bits per heavy atom. The van der Waals surface area contributed by atoms with Crippen molar-refractivity contribution in [1.82, 2.24) is 5.32 Å². The van der Waals surface area contributed by atoms with Gasteiger partial charge in [0.15, 0.2) is 0 Å². The van der Waals surface area contributed by atoms with E-state index < -0.39 is 5.54 Å². The second-order valence-corrected chi connectivity index (χ2v) is 7.72. The van der Waals surface area contributed by atoms with Crippen LogP contribution in [0.25, 0.3) is 0 Å². The number of benzene rings is 2. The Hall–Kier alpha value is -3.15. The van der Waals surface area contributed by atoms with Crippen LogP contribution in [0.1, 0.15) is 54.1 Å². The molecule has 6 nitrogen and oxygen atoms in total. The lowest BCUT2D eigenvalue weighted by molar-refractivity contribution is -0.122. The molecule has 1 aliphatic rings. The van der Waals surface area contributed by atoms with Crippen molar-refractivity contribution in [2.45, 2.75) is 52.0 Å². The van der Waals surface area contributed by atoms with Gasteiger partial charge in [0, 0.05) is 23.9 Å². The van der Waals surface area contributed by atoms with Crippen LogP contribution in [0.3, 0.4) is 0 Å². The maximum atomic E-state index is 13.2. The van der Waals surface area contributed by atoms with Crippen LogP contribution in [0.15, 0.2) is 42.5 Å². The number of amides is 3. The molecule has 2 aromatic carbocycles. The molecule has 0 radical (unpaired) electrons. The van der Waals surface area contributed by atoms with E-state index >= 15 is 0 Å². The summed E-state index contributed by atoms with van der Waals surface area (Å²) in [6, 6.07) is 12.5. The van der Waals surface area contributed by atoms with Crippen LogP contribution < -0.4 is 16.0 Å². The standard InChI is InChI=1S/C23H27N3O3/c1-15-7-6-8-16(2)20(15)25-22(29)23(13-4-5-14-23)26-21(28)18-9-11-19(12-10-18)24-17(3)27/h6-12H,4-5,13-14H2,1-3H3,(H,24,27)(H,25,29)(H,26,28). The van der Waals surface area contributed by atoms with E-state index in [9.17, 15) is 14.4 Å². The summed E-state index contributed by atoms with van der Waals surface area (Å²) in [6.07, 6.45) is 3.00. The number of para-hydroxylation sites is 1. The summed E-state index contributed by atoms with van der Waals surface area (Å²) in [7, 11) is 0. The third-order valence-electron chi connectivity index (χ3n) is 5.43. The number of carbonyl (C=O) groups is 3. The normalized spacial score (nSPS) is 14.9. The molecule has 3 rings (SSSR count). The summed E-state index contributed by atoms with van der Waals surface area (Å²) in [5, 5.41) is 8.71. The van der Waals surface area contributed by atoms with E-state index in [0.29, 0.717) is 24.1 Å². The van der Waals surface area contributed by atoms with Crippen molar-refractivity contribution >= 4 is 29.1 Å². The molecule has 0 unspecified atom stereocenters. The lowest BCUT2D eigenvalue weighted by Gasteiger charge is -2.29. The average molecular weight is 393 g/mol. The summed E-state index contributed by atoms with van der Waals surface area (Å²) in [4.78, 5) is 37.2. The van der Waals surface area contributed by atoms with Crippen LogP contribution in [-0.2, 0) is 9.59 Å². The molecule has 29 heavy (non-hydrogen) atoms. The zero-order valence-electron chi connectivity index (χ0n) is 17.1. The van der Waals surface area contributed by atoms with Crippen molar-refractivity contribution in [1.29, 1.82) is 0 Å². The first kappa shape index (κ1) is 20.6. The first-order chi connectivity index (χ1) is 13.8. The van der Waals surface area contributed by atoms with Crippen molar-refractivity contribution in [3.05, 3.63) is 59.2 Å². The average Bonchev–Trinajstić information content (AvgIpc) is 3.14. The van der Waals surface area contributed by atoms with Gasteiger partial charge in [-0.15, -0.1) is 0 Å². The smallest absolute Gasteiger partial charge is 0.252 e. The minimum atomic E-state index is -0.915. The van der Waals surface area contributed by atoms with E-state index in [0.717, 1.165) is 29.7 Å². The summed E-state index contributed by atoms with van der Waals surface area (Å²) in [5.74, 6) is -0.635. The van der Waals surface area contributed by atoms with E-state index in [1.807, 2.05) is 32.0 Å². The molecule has 1 saturated carbocycles. The molecule has 0 saturated heterocycles. The second-order valence-electron chi connectivity index (χ2n) is 7.72. The van der Waals surface area contributed by atoms with Crippen LogP contribution in [0.4, 0.5) is 11.4 Å². The molecule has 0 bridgehead atoms. The van der Waals surface area contributed by atoms with Crippen LogP contribution in [0, 0.1) is 13.8 Å². The van der Waals surface area contributed by atoms with Crippen LogP contribution in [0.5, 0.6) is 0 Å². The van der Waals surface area contributed by atoms with E-state index in [4.69, 9.17) is 0 Å². The van der Waals surface area contributed by atoms with Gasteiger partial charge in [-0.05, 0) is 62.1 Å². The number of hydrogen-bond donors (Lipinski definition) is 3. The molecule has 1 fully saturated rings. The highest BCUT2D eigenvalue weighted by Gasteiger charge is 2.42. The Balaban J connectivity index is 1.77. The zero-order valence-corrected chi connectivity index (χ0v) is 17.1. The number of hydrogen-bond acceptors (Lipinski definition) is 3. The van der Waals surface area contributed by atoms with Gasteiger partial charge in [-0.1, -0.05) is 31.0 Å². The summed E-state index contributed by atoms with van der Waals surface area (Å²) in [6.45, 7) is 5.34. The maximum absolute atomic E-state index is 13.2. The highest BCUT2D eigenvalue weighted by Crippen LogP contribution is 2.32. The third-order valence-corrected chi connectivity index (χ3v) is 5.43. The maximum Gasteiger partial charge on any atom is 0.252 e. The van der Waals surface area contributed by atoms with E-state index in [-0.39, 0.29) is 17.7 Å². The van der Waals surface area contributed by atoms with Gasteiger partial charge in [0.1, 0.15) is 5.54 Å². The molecule has 152 valence electrons. The largest absolute Gasteiger partial charge is 0.338 e. The van der Waals surface area contributed by atoms with Crippen LogP contribution in [-0.4, -0.2) is 23.3 Å². The predicted octanol–water partition coefficient (Wildman–Crippen LogP) is 3.94.